The van der Waals surface area contributed by atoms with Crippen LogP contribution >= 0.6 is 0 Å². The molecule has 31 heavy (non-hydrogen) atoms. The first-order valence-electron chi connectivity index (χ1n) is 9.47. The fraction of sp³-hybridized carbons (Fsp3) is 0.348. The van der Waals surface area contributed by atoms with Gasteiger partial charge >= 0.3 is 12.4 Å². The minimum Gasteiger partial charge on any atom is -0.351 e. The molecule has 0 radical (unpaired) electrons. The molecule has 0 atom stereocenters. The number of halogens is 6. The molecule has 0 aliphatic heterocycles. The molecule has 0 saturated heterocycles. The van der Waals surface area contributed by atoms with E-state index in [0.29, 0.717) is 22.3 Å². The van der Waals surface area contributed by atoms with Crippen molar-refractivity contribution in [3.63, 3.8) is 0 Å². The molecule has 0 unspecified atom stereocenters. The van der Waals surface area contributed by atoms with Gasteiger partial charge in [-0.25, -0.2) is 4.99 Å². The van der Waals surface area contributed by atoms with Crippen molar-refractivity contribution in [2.75, 3.05) is 5.32 Å². The molecule has 0 aliphatic rings. The minimum atomic E-state index is -5.08. The smallest absolute Gasteiger partial charge is 0.351 e. The number of anilines is 1. The molecule has 0 bridgehead atoms. The number of nitrogens with one attached hydrogen (secondary N) is 1. The maximum atomic E-state index is 13.7. The molecule has 0 saturated carbocycles. The molecular formula is C23H24F6N2. The van der Waals surface area contributed by atoms with E-state index in [1.807, 2.05) is 0 Å². The first kappa shape index (κ1) is 24.5. The number of rotatable bonds is 4. The quantitative estimate of drug-likeness (QED) is 0.380. The molecule has 2 rings (SSSR count). The summed E-state index contributed by atoms with van der Waals surface area (Å²) >= 11 is 0. The fourth-order valence-electron chi connectivity index (χ4n) is 3.48. The molecule has 8 heteroatoms. The number of nitrogens with zero attached hydrogens (tertiary/aromatic N) is 1. The van der Waals surface area contributed by atoms with Gasteiger partial charge in [0.25, 0.3) is 0 Å². The van der Waals surface area contributed by atoms with E-state index in [0.717, 1.165) is 11.1 Å². The normalized spacial score (nSPS) is 13.5. The predicted octanol–water partition coefficient (Wildman–Crippen LogP) is 7.73. The van der Waals surface area contributed by atoms with Crippen molar-refractivity contribution in [1.82, 2.24) is 0 Å². The summed E-state index contributed by atoms with van der Waals surface area (Å²) in [5, 5.41) is 2.16. The summed E-state index contributed by atoms with van der Waals surface area (Å²) in [6.45, 7) is 9.88. The maximum Gasteiger partial charge on any atom is 0.433 e. The molecule has 2 nitrogen and oxygen atoms in total. The number of aliphatic imine (C=N–C) groups is 1. The van der Waals surface area contributed by atoms with Crippen LogP contribution in [0, 0.1) is 41.5 Å². The van der Waals surface area contributed by atoms with E-state index < -0.39 is 23.8 Å². The predicted molar refractivity (Wildman–Crippen MR) is 112 cm³/mol. The van der Waals surface area contributed by atoms with Crippen LogP contribution in [-0.2, 0) is 0 Å². The van der Waals surface area contributed by atoms with Crippen LogP contribution in [0.25, 0.3) is 0 Å². The Morgan fingerprint density at radius 3 is 1.52 bits per heavy atom. The summed E-state index contributed by atoms with van der Waals surface area (Å²) in [7, 11) is 0. The average molecular weight is 442 g/mol. The minimum absolute atomic E-state index is 0.00148. The summed E-state index contributed by atoms with van der Waals surface area (Å²) in [6.07, 6.45) is -10.1. The van der Waals surface area contributed by atoms with Gasteiger partial charge in [0.05, 0.1) is 5.69 Å². The molecule has 0 heterocycles. The first-order valence-corrected chi connectivity index (χ1v) is 9.47. The van der Waals surface area contributed by atoms with Crippen LogP contribution in [0.1, 0.15) is 33.4 Å². The van der Waals surface area contributed by atoms with Gasteiger partial charge in [0.2, 0.25) is 0 Å². The lowest BCUT2D eigenvalue weighted by atomic mass is 10.0. The van der Waals surface area contributed by atoms with Crippen LogP contribution in [0.4, 0.5) is 37.7 Å². The van der Waals surface area contributed by atoms with Crippen molar-refractivity contribution in [1.29, 1.82) is 0 Å². The summed E-state index contributed by atoms with van der Waals surface area (Å²) in [6, 6.07) is 6.57. The first-order chi connectivity index (χ1) is 14.1. The van der Waals surface area contributed by atoms with Crippen LogP contribution in [0.5, 0.6) is 0 Å². The van der Waals surface area contributed by atoms with Gasteiger partial charge in [0, 0.05) is 5.69 Å². The van der Waals surface area contributed by atoms with E-state index in [-0.39, 0.29) is 17.5 Å². The SMILES string of the molecule is Cc1cc(C)c(N=C(/C=C(\Nc2c(C)cc(C)cc2C)C(F)(F)F)C(F)(F)F)c(C)c1. The zero-order chi connectivity index (χ0) is 23.7. The second-order valence-electron chi connectivity index (χ2n) is 7.70. The Morgan fingerprint density at radius 2 is 1.13 bits per heavy atom. The lowest BCUT2D eigenvalue weighted by Crippen LogP contribution is -2.26. The second kappa shape index (κ2) is 8.77. The number of hydrogen-bond donors (Lipinski definition) is 1. The van der Waals surface area contributed by atoms with Crippen molar-refractivity contribution < 1.29 is 26.3 Å². The molecule has 0 amide bonds. The van der Waals surface area contributed by atoms with E-state index in [9.17, 15) is 26.3 Å². The Kier molecular flexibility index (Phi) is 6.93. The van der Waals surface area contributed by atoms with Crippen molar-refractivity contribution in [2.24, 2.45) is 4.99 Å². The van der Waals surface area contributed by atoms with Gasteiger partial charge in [-0.05, 0) is 69.9 Å². The Hall–Kier alpha value is -2.77. The van der Waals surface area contributed by atoms with Gasteiger partial charge in [0.15, 0.2) is 0 Å². The number of aryl methyl sites for hydroxylation is 6. The summed E-state index contributed by atoms with van der Waals surface area (Å²) in [5.41, 5.74) is 0.454. The number of benzene rings is 2. The third-order valence-electron chi connectivity index (χ3n) is 4.68. The number of hydrogen-bond acceptors (Lipinski definition) is 2. The van der Waals surface area contributed by atoms with E-state index >= 15 is 0 Å². The van der Waals surface area contributed by atoms with Gasteiger partial charge in [0.1, 0.15) is 11.4 Å². The van der Waals surface area contributed by atoms with E-state index in [2.05, 4.69) is 10.3 Å². The molecule has 2 aromatic carbocycles. The fourth-order valence-corrected chi connectivity index (χ4v) is 3.48. The average Bonchev–Trinajstić information content (AvgIpc) is 2.55. The second-order valence-corrected chi connectivity index (χ2v) is 7.70. The highest BCUT2D eigenvalue weighted by molar-refractivity contribution is 6.02. The third kappa shape index (κ3) is 6.12. The molecular weight excluding hydrogens is 418 g/mol. The Labute approximate surface area is 177 Å². The van der Waals surface area contributed by atoms with Crippen LogP contribution in [-0.4, -0.2) is 18.1 Å². The molecule has 0 spiro atoms. The number of allylic oxidation sites excluding steroid dienone is 2. The topological polar surface area (TPSA) is 24.4 Å². The molecule has 0 fully saturated rings. The highest BCUT2D eigenvalue weighted by Gasteiger charge is 2.40. The van der Waals surface area contributed by atoms with Gasteiger partial charge in [-0.15, -0.1) is 0 Å². The van der Waals surface area contributed by atoms with Crippen molar-refractivity contribution >= 4 is 17.1 Å². The van der Waals surface area contributed by atoms with E-state index in [4.69, 9.17) is 0 Å². The van der Waals surface area contributed by atoms with Crippen molar-refractivity contribution in [3.05, 3.63) is 69.4 Å². The molecule has 1 N–H and O–H groups in total. The van der Waals surface area contributed by atoms with E-state index in [1.165, 1.54) is 0 Å². The third-order valence-corrected chi connectivity index (χ3v) is 4.68. The van der Waals surface area contributed by atoms with Gasteiger partial charge in [-0.3, -0.25) is 0 Å². The Balaban J connectivity index is 2.68. The van der Waals surface area contributed by atoms with Gasteiger partial charge in [-0.1, -0.05) is 35.4 Å². The highest BCUT2D eigenvalue weighted by atomic mass is 19.4. The zero-order valence-electron chi connectivity index (χ0n) is 18.1. The zero-order valence-corrected chi connectivity index (χ0v) is 18.1. The largest absolute Gasteiger partial charge is 0.433 e. The van der Waals surface area contributed by atoms with E-state index in [1.54, 1.807) is 65.8 Å². The monoisotopic (exact) mass is 442 g/mol. The van der Waals surface area contributed by atoms with Gasteiger partial charge < -0.3 is 5.32 Å². The lowest BCUT2D eigenvalue weighted by molar-refractivity contribution is -0.0904. The van der Waals surface area contributed by atoms with Crippen LogP contribution in [0.15, 0.2) is 41.0 Å². The molecule has 0 aliphatic carbocycles. The molecule has 168 valence electrons. The summed E-state index contributed by atoms with van der Waals surface area (Å²) in [5.74, 6) is 0. The van der Waals surface area contributed by atoms with Crippen LogP contribution in [0.3, 0.4) is 0 Å². The summed E-state index contributed by atoms with van der Waals surface area (Å²) < 4.78 is 82.1. The Bertz CT molecular complexity index is 997. The van der Waals surface area contributed by atoms with Crippen LogP contribution < -0.4 is 5.32 Å². The summed E-state index contributed by atoms with van der Waals surface area (Å²) in [4.78, 5) is 3.60. The lowest BCUT2D eigenvalue weighted by Gasteiger charge is -2.19. The van der Waals surface area contributed by atoms with Crippen molar-refractivity contribution in [3.8, 4) is 0 Å². The van der Waals surface area contributed by atoms with Crippen LogP contribution in [0.2, 0.25) is 0 Å². The molecule has 2 aromatic rings. The standard InChI is InChI=1S/C23H24F6N2/c1-12-7-14(3)20(15(4)8-12)30-18(22(24,25)26)11-19(23(27,28)29)31-21-16(5)9-13(2)10-17(21)6/h7-11,30H,1-6H3/b18-11-,31-19?. The van der Waals surface area contributed by atoms with Crippen molar-refractivity contribution in [2.45, 2.75) is 53.9 Å². The number of alkyl halides is 6. The van der Waals surface area contributed by atoms with Gasteiger partial charge in [-0.2, -0.15) is 26.3 Å². The maximum absolute atomic E-state index is 13.7. The molecule has 0 aromatic heterocycles. The highest BCUT2D eigenvalue weighted by Crippen LogP contribution is 2.34. The Morgan fingerprint density at radius 1 is 0.710 bits per heavy atom.